The normalized spacial score (nSPS) is 17.0. The molecule has 0 bridgehead atoms. The summed E-state index contributed by atoms with van der Waals surface area (Å²) in [6.45, 7) is -0.0661. The number of amides is 1. The van der Waals surface area contributed by atoms with Crippen LogP contribution >= 0.6 is 0 Å². The maximum absolute atomic E-state index is 11.9. The van der Waals surface area contributed by atoms with Crippen LogP contribution in [0.1, 0.15) is 31.2 Å². The van der Waals surface area contributed by atoms with Gasteiger partial charge in [0.15, 0.2) is 0 Å². The number of nitro benzene ring substituents is 1. The number of hydrogen-bond acceptors (Lipinski definition) is 4. The molecule has 0 aromatic heterocycles. The highest BCUT2D eigenvalue weighted by Gasteiger charge is 2.33. The van der Waals surface area contributed by atoms with Crippen molar-refractivity contribution in [2.75, 3.05) is 6.61 Å². The maximum Gasteiger partial charge on any atom is 0.270 e. The van der Waals surface area contributed by atoms with Crippen LogP contribution in [-0.4, -0.2) is 28.1 Å². The Kier molecular flexibility index (Phi) is 4.70. The van der Waals surface area contributed by atoms with Gasteiger partial charge in [-0.05, 0) is 24.5 Å². The SMILES string of the molecule is O=C(C=Cc1cccc([N+](=O)[O-])c1)NC1(CO)CCCC1. The molecule has 1 fully saturated rings. The van der Waals surface area contributed by atoms with Gasteiger partial charge in [0.1, 0.15) is 0 Å². The minimum absolute atomic E-state index is 0.0137. The maximum atomic E-state index is 11.9. The van der Waals surface area contributed by atoms with Crippen LogP contribution in [0.25, 0.3) is 6.08 Å². The van der Waals surface area contributed by atoms with Crippen LogP contribution in [0.15, 0.2) is 30.3 Å². The Bertz CT molecular complexity index is 563. The van der Waals surface area contributed by atoms with E-state index >= 15 is 0 Å². The summed E-state index contributed by atoms with van der Waals surface area (Å²) in [4.78, 5) is 22.1. The third-order valence-corrected chi connectivity index (χ3v) is 3.76. The predicted octanol–water partition coefficient (Wildman–Crippen LogP) is 2.03. The topological polar surface area (TPSA) is 92.5 Å². The van der Waals surface area contributed by atoms with Crippen molar-refractivity contribution in [3.05, 3.63) is 46.0 Å². The van der Waals surface area contributed by atoms with Gasteiger partial charge in [-0.15, -0.1) is 0 Å². The molecule has 2 rings (SSSR count). The first kappa shape index (κ1) is 15.2. The second-order valence-corrected chi connectivity index (χ2v) is 5.32. The van der Waals surface area contributed by atoms with Gasteiger partial charge in [-0.25, -0.2) is 0 Å². The van der Waals surface area contributed by atoms with Crippen molar-refractivity contribution in [1.29, 1.82) is 0 Å². The molecule has 6 nitrogen and oxygen atoms in total. The number of nitrogens with zero attached hydrogens (tertiary/aromatic N) is 1. The summed E-state index contributed by atoms with van der Waals surface area (Å²) < 4.78 is 0. The zero-order valence-electron chi connectivity index (χ0n) is 11.6. The van der Waals surface area contributed by atoms with Gasteiger partial charge in [0, 0.05) is 18.2 Å². The Morgan fingerprint density at radius 2 is 2.14 bits per heavy atom. The highest BCUT2D eigenvalue weighted by molar-refractivity contribution is 5.92. The largest absolute Gasteiger partial charge is 0.394 e. The Hall–Kier alpha value is -2.21. The predicted molar refractivity (Wildman–Crippen MR) is 78.6 cm³/mol. The molecule has 0 spiro atoms. The van der Waals surface area contributed by atoms with Gasteiger partial charge < -0.3 is 10.4 Å². The monoisotopic (exact) mass is 290 g/mol. The molecule has 21 heavy (non-hydrogen) atoms. The molecular weight excluding hydrogens is 272 g/mol. The van der Waals surface area contributed by atoms with Crippen LogP contribution < -0.4 is 5.32 Å². The van der Waals surface area contributed by atoms with Gasteiger partial charge in [-0.2, -0.15) is 0 Å². The van der Waals surface area contributed by atoms with Crippen molar-refractivity contribution in [3.8, 4) is 0 Å². The molecule has 1 amide bonds. The number of aliphatic hydroxyl groups is 1. The molecule has 0 aliphatic heterocycles. The summed E-state index contributed by atoms with van der Waals surface area (Å²) in [6.07, 6.45) is 6.42. The van der Waals surface area contributed by atoms with E-state index in [4.69, 9.17) is 0 Å². The zero-order valence-corrected chi connectivity index (χ0v) is 11.6. The fourth-order valence-electron chi connectivity index (χ4n) is 2.59. The molecule has 1 aromatic carbocycles. The minimum atomic E-state index is -0.510. The number of nitrogens with one attached hydrogen (secondary N) is 1. The average Bonchev–Trinajstić information content (AvgIpc) is 2.94. The molecule has 0 atom stereocenters. The van der Waals surface area contributed by atoms with Crippen molar-refractivity contribution in [1.82, 2.24) is 5.32 Å². The lowest BCUT2D eigenvalue weighted by Crippen LogP contribution is -2.48. The number of carbonyl (C=O) groups is 1. The molecule has 1 aliphatic carbocycles. The quantitative estimate of drug-likeness (QED) is 0.493. The lowest BCUT2D eigenvalue weighted by Gasteiger charge is -2.27. The van der Waals surface area contributed by atoms with Gasteiger partial charge in [0.05, 0.1) is 17.1 Å². The molecule has 112 valence electrons. The Labute approximate surface area is 122 Å². The number of rotatable bonds is 5. The van der Waals surface area contributed by atoms with E-state index < -0.39 is 10.5 Å². The van der Waals surface area contributed by atoms with Crippen LogP contribution in [0.3, 0.4) is 0 Å². The van der Waals surface area contributed by atoms with E-state index in [1.165, 1.54) is 24.3 Å². The minimum Gasteiger partial charge on any atom is -0.394 e. The first-order valence-corrected chi connectivity index (χ1v) is 6.90. The number of carbonyl (C=O) groups excluding carboxylic acids is 1. The number of benzene rings is 1. The standard InChI is InChI=1S/C15H18N2O4/c18-11-15(8-1-2-9-15)16-14(19)7-6-12-4-3-5-13(10-12)17(20)21/h3-7,10,18H,1-2,8-9,11H2,(H,16,19). The van der Waals surface area contributed by atoms with E-state index in [9.17, 15) is 20.0 Å². The molecule has 1 aliphatic rings. The van der Waals surface area contributed by atoms with Gasteiger partial charge in [-0.1, -0.05) is 25.0 Å². The second kappa shape index (κ2) is 6.49. The molecular formula is C15H18N2O4. The third-order valence-electron chi connectivity index (χ3n) is 3.76. The second-order valence-electron chi connectivity index (χ2n) is 5.32. The number of nitro groups is 1. The summed E-state index contributed by atoms with van der Waals surface area (Å²) in [6, 6.07) is 6.06. The summed E-state index contributed by atoms with van der Waals surface area (Å²) in [5.74, 6) is -0.294. The Balaban J connectivity index is 2.02. The Morgan fingerprint density at radius 1 is 1.43 bits per heavy atom. The smallest absolute Gasteiger partial charge is 0.270 e. The summed E-state index contributed by atoms with van der Waals surface area (Å²) >= 11 is 0. The molecule has 0 radical (unpaired) electrons. The van der Waals surface area contributed by atoms with E-state index in [2.05, 4.69) is 5.32 Å². The van der Waals surface area contributed by atoms with Gasteiger partial charge >= 0.3 is 0 Å². The molecule has 0 unspecified atom stereocenters. The van der Waals surface area contributed by atoms with E-state index in [0.29, 0.717) is 5.56 Å². The van der Waals surface area contributed by atoms with Gasteiger partial charge in [0.2, 0.25) is 5.91 Å². The fraction of sp³-hybridized carbons (Fsp3) is 0.400. The van der Waals surface area contributed by atoms with Crippen LogP contribution in [0, 0.1) is 10.1 Å². The number of non-ortho nitro benzene ring substituents is 1. The van der Waals surface area contributed by atoms with E-state index in [0.717, 1.165) is 25.7 Å². The first-order valence-electron chi connectivity index (χ1n) is 6.90. The van der Waals surface area contributed by atoms with Crippen molar-refractivity contribution in [2.45, 2.75) is 31.2 Å². The van der Waals surface area contributed by atoms with Gasteiger partial charge in [0.25, 0.3) is 5.69 Å². The third kappa shape index (κ3) is 3.88. The molecule has 2 N–H and O–H groups in total. The lowest BCUT2D eigenvalue weighted by molar-refractivity contribution is -0.384. The zero-order chi connectivity index (χ0) is 15.3. The highest BCUT2D eigenvalue weighted by atomic mass is 16.6. The molecule has 0 saturated heterocycles. The summed E-state index contributed by atoms with van der Waals surface area (Å²) in [7, 11) is 0. The van der Waals surface area contributed by atoms with Crippen molar-refractivity contribution < 1.29 is 14.8 Å². The summed E-state index contributed by atoms with van der Waals surface area (Å²) in [5, 5.41) is 23.0. The molecule has 1 saturated carbocycles. The lowest BCUT2D eigenvalue weighted by atomic mass is 9.99. The molecule has 6 heteroatoms. The van der Waals surface area contributed by atoms with E-state index in [1.807, 2.05) is 0 Å². The molecule has 1 aromatic rings. The van der Waals surface area contributed by atoms with Crippen molar-refractivity contribution >= 4 is 17.7 Å². The summed E-state index contributed by atoms with van der Waals surface area (Å²) in [5.41, 5.74) is 0.0633. The number of hydrogen-bond donors (Lipinski definition) is 2. The van der Waals surface area contributed by atoms with E-state index in [-0.39, 0.29) is 18.2 Å². The van der Waals surface area contributed by atoms with Crippen LogP contribution in [0.4, 0.5) is 5.69 Å². The van der Waals surface area contributed by atoms with Crippen molar-refractivity contribution in [2.24, 2.45) is 0 Å². The number of aliphatic hydroxyl groups excluding tert-OH is 1. The van der Waals surface area contributed by atoms with E-state index in [1.54, 1.807) is 12.1 Å². The van der Waals surface area contributed by atoms with Crippen LogP contribution in [-0.2, 0) is 4.79 Å². The molecule has 0 heterocycles. The van der Waals surface area contributed by atoms with Crippen molar-refractivity contribution in [3.63, 3.8) is 0 Å². The van der Waals surface area contributed by atoms with Gasteiger partial charge in [-0.3, -0.25) is 14.9 Å². The Morgan fingerprint density at radius 3 is 2.76 bits per heavy atom. The van der Waals surface area contributed by atoms with Crippen LogP contribution in [0.5, 0.6) is 0 Å². The average molecular weight is 290 g/mol. The highest BCUT2D eigenvalue weighted by Crippen LogP contribution is 2.29. The van der Waals surface area contributed by atoms with Crippen LogP contribution in [0.2, 0.25) is 0 Å². The first-order chi connectivity index (χ1) is 10.0. The fourth-order valence-corrected chi connectivity index (χ4v) is 2.59.